The van der Waals surface area contributed by atoms with E-state index < -0.39 is 0 Å². The Kier molecular flexibility index (Phi) is 4.14. The van der Waals surface area contributed by atoms with Crippen molar-refractivity contribution in [3.8, 4) is 5.75 Å². The number of benzene rings is 1. The van der Waals surface area contributed by atoms with Crippen LogP contribution >= 0.6 is 0 Å². The van der Waals surface area contributed by atoms with Gasteiger partial charge in [0.05, 0.1) is 6.10 Å². The maximum absolute atomic E-state index is 11.7. The minimum Gasteiger partial charge on any atom is -0.491 e. The molecule has 0 bridgehead atoms. The molecule has 0 aliphatic carbocycles. The normalized spacial score (nSPS) is 19.1. The van der Waals surface area contributed by atoms with Gasteiger partial charge in [-0.1, -0.05) is 0 Å². The summed E-state index contributed by atoms with van der Waals surface area (Å²) in [6.07, 6.45) is 1.91. The number of carbonyl (C=O) groups excluding carboxylic acids is 1. The molecule has 4 N–H and O–H groups in total. The number of nitrogen functional groups attached to an aromatic ring is 1. The summed E-state index contributed by atoms with van der Waals surface area (Å²) in [4.78, 5) is 11.7. The van der Waals surface area contributed by atoms with Crippen LogP contribution < -0.4 is 21.1 Å². The molecule has 1 amide bonds. The van der Waals surface area contributed by atoms with Gasteiger partial charge in [0.25, 0.3) is 0 Å². The molecular weight excluding hydrogens is 242 g/mol. The van der Waals surface area contributed by atoms with Gasteiger partial charge in [0.15, 0.2) is 0 Å². The van der Waals surface area contributed by atoms with Gasteiger partial charge >= 0.3 is 0 Å². The minimum atomic E-state index is -0.192. The van der Waals surface area contributed by atoms with E-state index in [0.717, 1.165) is 25.1 Å². The van der Waals surface area contributed by atoms with Gasteiger partial charge in [-0.15, -0.1) is 0 Å². The number of hydrogen-bond acceptors (Lipinski definition) is 4. The molecule has 0 aromatic heterocycles. The SMILES string of the molecule is CC(C)Oc1cc(N)cc(NC2CCCNC2=O)c1. The number of carbonyl (C=O) groups is 1. The average molecular weight is 263 g/mol. The third-order valence-electron chi connectivity index (χ3n) is 2.93. The van der Waals surface area contributed by atoms with Crippen LogP contribution in [0.3, 0.4) is 0 Å². The van der Waals surface area contributed by atoms with Crippen LogP contribution in [0.4, 0.5) is 11.4 Å². The van der Waals surface area contributed by atoms with E-state index >= 15 is 0 Å². The number of amides is 1. The smallest absolute Gasteiger partial charge is 0.242 e. The summed E-state index contributed by atoms with van der Waals surface area (Å²) in [5, 5.41) is 6.06. The van der Waals surface area contributed by atoms with Crippen molar-refractivity contribution in [1.29, 1.82) is 0 Å². The minimum absolute atomic E-state index is 0.0417. The van der Waals surface area contributed by atoms with Crippen LogP contribution in [0, 0.1) is 0 Å². The molecule has 1 unspecified atom stereocenters. The van der Waals surface area contributed by atoms with Gasteiger partial charge < -0.3 is 21.1 Å². The molecule has 1 atom stereocenters. The van der Waals surface area contributed by atoms with Gasteiger partial charge in [0, 0.05) is 30.1 Å². The van der Waals surface area contributed by atoms with E-state index in [1.165, 1.54) is 0 Å². The second-order valence-corrected chi connectivity index (χ2v) is 5.09. The lowest BCUT2D eigenvalue weighted by Crippen LogP contribution is -2.44. The second kappa shape index (κ2) is 5.82. The molecule has 5 nitrogen and oxygen atoms in total. The van der Waals surface area contributed by atoms with Crippen molar-refractivity contribution in [3.63, 3.8) is 0 Å². The summed E-state index contributed by atoms with van der Waals surface area (Å²) in [5.41, 5.74) is 7.29. The standard InChI is InChI=1S/C14H21N3O2/c1-9(2)19-12-7-10(15)6-11(8-12)17-13-4-3-5-16-14(13)18/h6-9,13,17H,3-5,15H2,1-2H3,(H,16,18). The van der Waals surface area contributed by atoms with E-state index in [1.807, 2.05) is 26.0 Å². The largest absolute Gasteiger partial charge is 0.491 e. The Morgan fingerprint density at radius 1 is 1.42 bits per heavy atom. The first-order chi connectivity index (χ1) is 9.04. The first-order valence-corrected chi connectivity index (χ1v) is 6.66. The molecule has 19 heavy (non-hydrogen) atoms. The van der Waals surface area contributed by atoms with E-state index in [0.29, 0.717) is 11.4 Å². The fourth-order valence-corrected chi connectivity index (χ4v) is 2.16. The molecule has 104 valence electrons. The van der Waals surface area contributed by atoms with Crippen molar-refractivity contribution >= 4 is 17.3 Å². The van der Waals surface area contributed by atoms with Gasteiger partial charge in [0.1, 0.15) is 11.8 Å². The van der Waals surface area contributed by atoms with Gasteiger partial charge in [-0.2, -0.15) is 0 Å². The van der Waals surface area contributed by atoms with E-state index in [-0.39, 0.29) is 18.1 Å². The molecule has 1 aliphatic rings. The molecule has 1 saturated heterocycles. The molecule has 1 aromatic carbocycles. The fraction of sp³-hybridized carbons (Fsp3) is 0.500. The van der Waals surface area contributed by atoms with Crippen molar-refractivity contribution in [3.05, 3.63) is 18.2 Å². The zero-order valence-corrected chi connectivity index (χ0v) is 11.4. The van der Waals surface area contributed by atoms with Gasteiger partial charge in [0.2, 0.25) is 5.91 Å². The van der Waals surface area contributed by atoms with Crippen LogP contribution in [0.25, 0.3) is 0 Å². The molecule has 0 spiro atoms. The number of nitrogens with two attached hydrogens (primary N) is 1. The summed E-state index contributed by atoms with van der Waals surface area (Å²) in [6, 6.07) is 5.28. The fourth-order valence-electron chi connectivity index (χ4n) is 2.16. The molecule has 2 rings (SSSR count). The van der Waals surface area contributed by atoms with Gasteiger partial charge in [-0.3, -0.25) is 4.79 Å². The Labute approximate surface area is 113 Å². The maximum Gasteiger partial charge on any atom is 0.242 e. The molecule has 5 heteroatoms. The van der Waals surface area contributed by atoms with Crippen LogP contribution in [0.5, 0.6) is 5.75 Å². The first kappa shape index (κ1) is 13.5. The van der Waals surface area contributed by atoms with Crippen molar-refractivity contribution in [2.75, 3.05) is 17.6 Å². The topological polar surface area (TPSA) is 76.4 Å². The highest BCUT2D eigenvalue weighted by atomic mass is 16.5. The zero-order valence-electron chi connectivity index (χ0n) is 11.4. The average Bonchev–Trinajstić information content (AvgIpc) is 2.30. The van der Waals surface area contributed by atoms with Crippen LogP contribution in [0.15, 0.2) is 18.2 Å². The molecule has 1 fully saturated rings. The lowest BCUT2D eigenvalue weighted by Gasteiger charge is -2.24. The number of nitrogens with one attached hydrogen (secondary N) is 2. The molecular formula is C14H21N3O2. The molecule has 0 radical (unpaired) electrons. The molecule has 1 heterocycles. The summed E-state index contributed by atoms with van der Waals surface area (Å²) < 4.78 is 5.63. The molecule has 1 aliphatic heterocycles. The van der Waals surface area contributed by atoms with Gasteiger partial charge in [-0.25, -0.2) is 0 Å². The van der Waals surface area contributed by atoms with E-state index in [9.17, 15) is 4.79 Å². The lowest BCUT2D eigenvalue weighted by atomic mass is 10.1. The lowest BCUT2D eigenvalue weighted by molar-refractivity contribution is -0.123. The highest BCUT2D eigenvalue weighted by Gasteiger charge is 2.21. The van der Waals surface area contributed by atoms with E-state index in [1.54, 1.807) is 6.07 Å². The van der Waals surface area contributed by atoms with Crippen molar-refractivity contribution < 1.29 is 9.53 Å². The van der Waals surface area contributed by atoms with Crippen molar-refractivity contribution in [2.45, 2.75) is 38.8 Å². The van der Waals surface area contributed by atoms with Crippen LogP contribution in [-0.2, 0) is 4.79 Å². The Hall–Kier alpha value is -1.91. The summed E-state index contributed by atoms with van der Waals surface area (Å²) in [5.74, 6) is 0.758. The van der Waals surface area contributed by atoms with Crippen LogP contribution in [0.1, 0.15) is 26.7 Å². The number of ether oxygens (including phenoxy) is 1. The number of hydrogen-bond donors (Lipinski definition) is 3. The third-order valence-corrected chi connectivity index (χ3v) is 2.93. The van der Waals surface area contributed by atoms with E-state index in [4.69, 9.17) is 10.5 Å². The molecule has 0 saturated carbocycles. The van der Waals surface area contributed by atoms with Gasteiger partial charge in [-0.05, 0) is 32.8 Å². The highest BCUT2D eigenvalue weighted by Crippen LogP contribution is 2.24. The Bertz CT molecular complexity index is 460. The summed E-state index contributed by atoms with van der Waals surface area (Å²) in [7, 11) is 0. The van der Waals surface area contributed by atoms with Crippen molar-refractivity contribution in [1.82, 2.24) is 5.32 Å². The van der Waals surface area contributed by atoms with Crippen molar-refractivity contribution in [2.24, 2.45) is 0 Å². The zero-order chi connectivity index (χ0) is 13.8. The quantitative estimate of drug-likeness (QED) is 0.723. The second-order valence-electron chi connectivity index (χ2n) is 5.09. The van der Waals surface area contributed by atoms with Crippen LogP contribution in [0.2, 0.25) is 0 Å². The molecule has 1 aromatic rings. The van der Waals surface area contributed by atoms with Crippen LogP contribution in [-0.4, -0.2) is 24.6 Å². The Morgan fingerprint density at radius 2 is 2.21 bits per heavy atom. The predicted octanol–water partition coefficient (Wildman–Crippen LogP) is 1.75. The number of rotatable bonds is 4. The Morgan fingerprint density at radius 3 is 2.89 bits per heavy atom. The monoisotopic (exact) mass is 263 g/mol. The number of piperidine rings is 1. The van der Waals surface area contributed by atoms with E-state index in [2.05, 4.69) is 10.6 Å². The highest BCUT2D eigenvalue weighted by molar-refractivity contribution is 5.85. The number of anilines is 2. The maximum atomic E-state index is 11.7. The first-order valence-electron chi connectivity index (χ1n) is 6.66. The Balaban J connectivity index is 2.10. The predicted molar refractivity (Wildman–Crippen MR) is 76.3 cm³/mol. The third kappa shape index (κ3) is 3.77. The summed E-state index contributed by atoms with van der Waals surface area (Å²) in [6.45, 7) is 4.69. The summed E-state index contributed by atoms with van der Waals surface area (Å²) >= 11 is 0.